The monoisotopic (exact) mass is 541 g/mol. The van der Waals surface area contributed by atoms with Crippen LogP contribution in [0, 0.1) is 0 Å². The quantitative estimate of drug-likeness (QED) is 0.490. The minimum atomic E-state index is -0.193. The van der Waals surface area contributed by atoms with Crippen LogP contribution in [0.2, 0.25) is 0 Å². The molecule has 39 heavy (non-hydrogen) atoms. The van der Waals surface area contributed by atoms with E-state index in [0.717, 1.165) is 79.6 Å². The van der Waals surface area contributed by atoms with Crippen molar-refractivity contribution in [3.63, 3.8) is 0 Å². The average Bonchev–Trinajstić information content (AvgIpc) is 2.96. The van der Waals surface area contributed by atoms with Crippen molar-refractivity contribution in [2.75, 3.05) is 60.0 Å². The fraction of sp³-hybridized carbons (Fsp3) is 0.625. The van der Waals surface area contributed by atoms with Crippen molar-refractivity contribution in [2.45, 2.75) is 72.4 Å². The van der Waals surface area contributed by atoms with E-state index in [0.29, 0.717) is 24.6 Å². The molecule has 0 spiro atoms. The summed E-state index contributed by atoms with van der Waals surface area (Å²) in [7, 11) is 3.36. The van der Waals surface area contributed by atoms with Crippen molar-refractivity contribution < 1.29 is 19.7 Å². The molecular formula is C32H51N3O4. The van der Waals surface area contributed by atoms with Gasteiger partial charge in [0.15, 0.2) is 0 Å². The molecule has 7 heteroatoms. The van der Waals surface area contributed by atoms with Crippen LogP contribution in [-0.4, -0.2) is 84.9 Å². The molecule has 1 saturated heterocycles. The number of methoxy groups -OCH3 is 2. The number of phenolic OH excluding ortho intramolecular Hbond substituents is 2. The highest BCUT2D eigenvalue weighted by atomic mass is 16.5. The summed E-state index contributed by atoms with van der Waals surface area (Å²) in [5.41, 5.74) is 3.22. The number of nitrogens with zero attached hydrogens (tertiary/aromatic N) is 3. The first kappa shape index (κ1) is 31.1. The molecule has 0 amide bonds. The van der Waals surface area contributed by atoms with E-state index in [1.165, 1.54) is 0 Å². The van der Waals surface area contributed by atoms with Crippen molar-refractivity contribution >= 4 is 0 Å². The molecule has 1 aliphatic rings. The molecule has 7 nitrogen and oxygen atoms in total. The Morgan fingerprint density at radius 2 is 0.949 bits per heavy atom. The number of hydrogen-bond donors (Lipinski definition) is 2. The number of aromatic hydroxyl groups is 2. The Balaban J connectivity index is 1.87. The Morgan fingerprint density at radius 3 is 1.23 bits per heavy atom. The molecule has 0 bridgehead atoms. The van der Waals surface area contributed by atoms with Gasteiger partial charge in [-0.25, -0.2) is 0 Å². The maximum absolute atomic E-state index is 11.2. The maximum atomic E-state index is 11.2. The molecular weight excluding hydrogens is 490 g/mol. The van der Waals surface area contributed by atoms with Crippen LogP contribution in [0.3, 0.4) is 0 Å². The number of likely N-dealkylation sites (N-methyl/N-ethyl adjacent to an activating group) is 1. The second-order valence-electron chi connectivity index (χ2n) is 12.9. The smallest absolute Gasteiger partial charge is 0.124 e. The normalized spacial score (nSPS) is 16.9. The van der Waals surface area contributed by atoms with E-state index in [1.54, 1.807) is 14.2 Å². The molecule has 3 rings (SSSR count). The van der Waals surface area contributed by atoms with E-state index < -0.39 is 0 Å². The van der Waals surface area contributed by atoms with Crippen LogP contribution in [0.5, 0.6) is 23.0 Å². The van der Waals surface area contributed by atoms with Gasteiger partial charge in [-0.2, -0.15) is 0 Å². The van der Waals surface area contributed by atoms with E-state index in [2.05, 4.69) is 63.2 Å². The van der Waals surface area contributed by atoms with Gasteiger partial charge < -0.3 is 24.6 Å². The zero-order valence-electron chi connectivity index (χ0n) is 25.7. The molecule has 1 heterocycles. The third kappa shape index (κ3) is 8.03. The minimum Gasteiger partial charge on any atom is -0.507 e. The molecule has 2 aromatic carbocycles. The van der Waals surface area contributed by atoms with Crippen LogP contribution < -0.4 is 9.47 Å². The molecule has 0 saturated carbocycles. The van der Waals surface area contributed by atoms with Gasteiger partial charge in [0.1, 0.15) is 23.0 Å². The first-order chi connectivity index (χ1) is 18.3. The van der Waals surface area contributed by atoms with Crippen LogP contribution in [0.25, 0.3) is 0 Å². The van der Waals surface area contributed by atoms with Gasteiger partial charge in [-0.1, -0.05) is 48.5 Å². The molecule has 218 valence electrons. The van der Waals surface area contributed by atoms with Crippen molar-refractivity contribution in [3.05, 3.63) is 46.5 Å². The Kier molecular flexibility index (Phi) is 10.2. The number of hydrogen-bond acceptors (Lipinski definition) is 7. The van der Waals surface area contributed by atoms with Crippen molar-refractivity contribution in [2.24, 2.45) is 0 Å². The highest BCUT2D eigenvalue weighted by molar-refractivity contribution is 5.50. The molecule has 0 aromatic heterocycles. The lowest BCUT2D eigenvalue weighted by atomic mass is 9.85. The zero-order valence-corrected chi connectivity index (χ0v) is 25.7. The van der Waals surface area contributed by atoms with Crippen molar-refractivity contribution in [3.8, 4) is 23.0 Å². The topological polar surface area (TPSA) is 68.6 Å². The molecule has 1 aliphatic heterocycles. The summed E-state index contributed by atoms with van der Waals surface area (Å²) in [6, 6.07) is 7.83. The lowest BCUT2D eigenvalue weighted by Crippen LogP contribution is -2.35. The molecule has 0 radical (unpaired) electrons. The van der Waals surface area contributed by atoms with Crippen molar-refractivity contribution in [1.29, 1.82) is 0 Å². The maximum Gasteiger partial charge on any atom is 0.124 e. The Morgan fingerprint density at radius 1 is 0.615 bits per heavy atom. The SMILES string of the molecule is CCN1CCN(Cc2cc(OC)cc(C(C)(C)C)c2O)CCN(Cc2cc(OC)cc(C(C)(C)C)c2O)CC1. The standard InChI is InChI=1S/C32H51N3O4/c1-10-33-11-13-34(21-23-17-25(38-8)19-27(29(23)36)31(2,3)4)15-16-35(14-12-33)22-24-18-26(39-9)20-28(30(24)37)32(5,6)7/h17-20,36-37H,10-16,21-22H2,1-9H3. The van der Waals surface area contributed by atoms with Gasteiger partial charge in [-0.3, -0.25) is 9.80 Å². The predicted octanol–water partition coefficient (Wildman–Crippen LogP) is 5.35. The number of phenols is 2. The Hall–Kier alpha value is -2.48. The molecule has 0 aliphatic carbocycles. The van der Waals surface area contributed by atoms with Gasteiger partial charge in [0, 0.05) is 74.6 Å². The zero-order chi connectivity index (χ0) is 29.0. The van der Waals surface area contributed by atoms with Crippen LogP contribution in [-0.2, 0) is 23.9 Å². The van der Waals surface area contributed by atoms with Crippen molar-refractivity contribution in [1.82, 2.24) is 14.7 Å². The number of rotatable bonds is 7. The van der Waals surface area contributed by atoms with Crippen LogP contribution >= 0.6 is 0 Å². The van der Waals surface area contributed by atoms with Gasteiger partial charge in [0.2, 0.25) is 0 Å². The summed E-state index contributed by atoms with van der Waals surface area (Å²) in [5, 5.41) is 22.5. The first-order valence-corrected chi connectivity index (χ1v) is 14.2. The third-order valence-corrected chi connectivity index (χ3v) is 7.84. The summed E-state index contributed by atoms with van der Waals surface area (Å²) in [4.78, 5) is 7.32. The van der Waals surface area contributed by atoms with E-state index in [1.807, 2.05) is 24.3 Å². The predicted molar refractivity (Wildman–Crippen MR) is 159 cm³/mol. The second-order valence-corrected chi connectivity index (χ2v) is 12.9. The summed E-state index contributed by atoms with van der Waals surface area (Å²) in [6.07, 6.45) is 0. The molecule has 0 unspecified atom stereocenters. The first-order valence-electron chi connectivity index (χ1n) is 14.2. The molecule has 1 fully saturated rings. The molecule has 2 aromatic rings. The van der Waals surface area contributed by atoms with Crippen LogP contribution in [0.4, 0.5) is 0 Å². The van der Waals surface area contributed by atoms with E-state index in [-0.39, 0.29) is 10.8 Å². The van der Waals surface area contributed by atoms with Gasteiger partial charge in [-0.05, 0) is 41.6 Å². The lowest BCUT2D eigenvalue weighted by molar-refractivity contribution is 0.206. The Labute approximate surface area is 236 Å². The largest absolute Gasteiger partial charge is 0.507 e. The highest BCUT2D eigenvalue weighted by Crippen LogP contribution is 2.38. The minimum absolute atomic E-state index is 0.193. The number of benzene rings is 2. The highest BCUT2D eigenvalue weighted by Gasteiger charge is 2.25. The van der Waals surface area contributed by atoms with Gasteiger partial charge in [0.05, 0.1) is 14.2 Å². The van der Waals surface area contributed by atoms with E-state index in [4.69, 9.17) is 9.47 Å². The average molecular weight is 542 g/mol. The van der Waals surface area contributed by atoms with E-state index in [9.17, 15) is 10.2 Å². The van der Waals surface area contributed by atoms with E-state index >= 15 is 0 Å². The second kappa shape index (κ2) is 12.8. The summed E-state index contributed by atoms with van der Waals surface area (Å²) in [6.45, 7) is 22.7. The van der Waals surface area contributed by atoms with Gasteiger partial charge in [-0.15, -0.1) is 0 Å². The van der Waals surface area contributed by atoms with Crippen LogP contribution in [0.15, 0.2) is 24.3 Å². The van der Waals surface area contributed by atoms with Gasteiger partial charge in [0.25, 0.3) is 0 Å². The third-order valence-electron chi connectivity index (χ3n) is 7.84. The summed E-state index contributed by atoms with van der Waals surface area (Å²) >= 11 is 0. The fourth-order valence-electron chi connectivity index (χ4n) is 5.25. The summed E-state index contributed by atoms with van der Waals surface area (Å²) < 4.78 is 11.2. The summed E-state index contributed by atoms with van der Waals surface area (Å²) in [5.74, 6) is 2.28. The fourth-order valence-corrected chi connectivity index (χ4v) is 5.25. The molecule has 2 N–H and O–H groups in total. The van der Waals surface area contributed by atoms with Crippen LogP contribution in [0.1, 0.15) is 70.7 Å². The molecule has 0 atom stereocenters. The Bertz CT molecular complexity index is 1020. The lowest BCUT2D eigenvalue weighted by Gasteiger charge is -2.29. The van der Waals surface area contributed by atoms with Gasteiger partial charge >= 0.3 is 0 Å². The number of ether oxygens (including phenoxy) is 2.